The first-order valence-electron chi connectivity index (χ1n) is 8.47. The minimum absolute atomic E-state index is 0.265. The van der Waals surface area contributed by atoms with Gasteiger partial charge in [-0.15, -0.1) is 0 Å². The lowest BCUT2D eigenvalue weighted by Gasteiger charge is -2.05. The molecule has 0 aliphatic rings. The molecule has 28 heavy (non-hydrogen) atoms. The van der Waals surface area contributed by atoms with Crippen LogP contribution in [0.4, 0.5) is 0 Å². The highest BCUT2D eigenvalue weighted by atomic mass is 35.5. The van der Waals surface area contributed by atoms with Gasteiger partial charge in [-0.3, -0.25) is 9.48 Å². The number of fused-ring (bicyclic) bond motifs is 1. The summed E-state index contributed by atoms with van der Waals surface area (Å²) in [5.74, 6) is -0.392. The van der Waals surface area contributed by atoms with Crippen molar-refractivity contribution >= 4 is 46.2 Å². The summed E-state index contributed by atoms with van der Waals surface area (Å²) in [5, 5.41) is 10.5. The van der Waals surface area contributed by atoms with E-state index in [1.54, 1.807) is 35.3 Å². The fraction of sp³-hybridized carbons (Fsp3) is 0.0500. The first-order chi connectivity index (χ1) is 13.6. The van der Waals surface area contributed by atoms with Crippen LogP contribution >= 0.6 is 23.2 Å². The summed E-state index contributed by atoms with van der Waals surface area (Å²) in [4.78, 5) is 15.4. The molecule has 140 valence electrons. The first kappa shape index (κ1) is 18.3. The van der Waals surface area contributed by atoms with Crippen LogP contribution in [-0.4, -0.2) is 26.9 Å². The monoisotopic (exact) mass is 411 g/mol. The molecular weight excluding hydrogens is 397 g/mol. The molecule has 0 fully saturated rings. The number of nitrogens with one attached hydrogen (secondary N) is 2. The highest BCUT2D eigenvalue weighted by Crippen LogP contribution is 2.21. The van der Waals surface area contributed by atoms with Gasteiger partial charge in [-0.2, -0.15) is 10.2 Å². The largest absolute Gasteiger partial charge is 0.361 e. The Bertz CT molecular complexity index is 1180. The molecule has 0 unspecified atom stereocenters. The van der Waals surface area contributed by atoms with E-state index in [-0.39, 0.29) is 5.69 Å². The SMILES string of the molecule is O=C(N/N=C\c1c[nH]c2ccccc12)c1ccn(Cc2ccc(Cl)cc2Cl)n1. The third kappa shape index (κ3) is 3.93. The molecule has 0 aliphatic carbocycles. The van der Waals surface area contributed by atoms with Gasteiger partial charge in [0, 0.05) is 38.9 Å². The Kier molecular flexibility index (Phi) is 5.14. The van der Waals surface area contributed by atoms with Gasteiger partial charge in [0.1, 0.15) is 0 Å². The van der Waals surface area contributed by atoms with Gasteiger partial charge in [-0.05, 0) is 29.8 Å². The normalized spacial score (nSPS) is 11.4. The average Bonchev–Trinajstić information content (AvgIpc) is 3.31. The van der Waals surface area contributed by atoms with E-state index in [0.717, 1.165) is 22.0 Å². The first-order valence-corrected chi connectivity index (χ1v) is 9.22. The van der Waals surface area contributed by atoms with Gasteiger partial charge >= 0.3 is 0 Å². The zero-order valence-electron chi connectivity index (χ0n) is 14.6. The van der Waals surface area contributed by atoms with Gasteiger partial charge in [-0.1, -0.05) is 47.5 Å². The fourth-order valence-corrected chi connectivity index (χ4v) is 3.28. The summed E-state index contributed by atoms with van der Waals surface area (Å²) in [6, 6.07) is 14.8. The van der Waals surface area contributed by atoms with Gasteiger partial charge in [0.05, 0.1) is 12.8 Å². The van der Waals surface area contributed by atoms with Crippen molar-refractivity contribution in [2.24, 2.45) is 5.10 Å². The molecule has 6 nitrogen and oxygen atoms in total. The molecule has 2 aromatic carbocycles. The molecule has 2 heterocycles. The second-order valence-corrected chi connectivity index (χ2v) is 6.97. The number of hydrogen-bond donors (Lipinski definition) is 2. The summed E-state index contributed by atoms with van der Waals surface area (Å²) in [6.45, 7) is 0.432. The van der Waals surface area contributed by atoms with E-state index in [1.807, 2.05) is 36.5 Å². The smallest absolute Gasteiger partial charge is 0.291 e. The molecule has 4 rings (SSSR count). The van der Waals surface area contributed by atoms with Crippen LogP contribution in [0.25, 0.3) is 10.9 Å². The second-order valence-electron chi connectivity index (χ2n) is 6.12. The maximum atomic E-state index is 12.3. The Morgan fingerprint density at radius 2 is 2.07 bits per heavy atom. The molecule has 4 aromatic rings. The molecule has 0 aliphatic heterocycles. The maximum Gasteiger partial charge on any atom is 0.291 e. The molecule has 1 amide bonds. The standard InChI is InChI=1S/C20H15Cl2N5O/c21-15-6-5-13(17(22)9-15)12-27-8-7-19(26-27)20(28)25-24-11-14-10-23-18-4-2-1-3-16(14)18/h1-11,23H,12H2,(H,25,28)/b24-11-. The van der Waals surface area contributed by atoms with Crippen molar-refractivity contribution in [3.8, 4) is 0 Å². The predicted molar refractivity (Wildman–Crippen MR) is 111 cm³/mol. The third-order valence-electron chi connectivity index (χ3n) is 4.21. The predicted octanol–water partition coefficient (Wildman–Crippen LogP) is 4.48. The number of nitrogens with zero attached hydrogens (tertiary/aromatic N) is 3. The molecule has 0 atom stereocenters. The van der Waals surface area contributed by atoms with E-state index in [9.17, 15) is 4.79 Å². The summed E-state index contributed by atoms with van der Waals surface area (Å²) in [7, 11) is 0. The number of hydrogen-bond acceptors (Lipinski definition) is 3. The molecular formula is C20H15Cl2N5O. The zero-order chi connectivity index (χ0) is 19.5. The molecule has 2 aromatic heterocycles. The number of para-hydroxylation sites is 1. The van der Waals surface area contributed by atoms with E-state index in [4.69, 9.17) is 23.2 Å². The van der Waals surface area contributed by atoms with Gasteiger partial charge in [0.15, 0.2) is 5.69 Å². The molecule has 8 heteroatoms. The van der Waals surface area contributed by atoms with Crippen molar-refractivity contribution in [2.45, 2.75) is 6.54 Å². The number of aromatic nitrogens is 3. The molecule has 0 spiro atoms. The highest BCUT2D eigenvalue weighted by molar-refractivity contribution is 6.35. The van der Waals surface area contributed by atoms with Crippen LogP contribution in [0.1, 0.15) is 21.6 Å². The van der Waals surface area contributed by atoms with Crippen molar-refractivity contribution < 1.29 is 4.79 Å². The van der Waals surface area contributed by atoms with Crippen LogP contribution in [0, 0.1) is 0 Å². The Morgan fingerprint density at radius 3 is 2.93 bits per heavy atom. The topological polar surface area (TPSA) is 75.1 Å². The molecule has 0 radical (unpaired) electrons. The molecule has 0 bridgehead atoms. The van der Waals surface area contributed by atoms with Crippen LogP contribution in [0.15, 0.2) is 66.0 Å². The molecule has 0 saturated heterocycles. The average molecular weight is 412 g/mol. The number of H-pyrrole nitrogens is 1. The zero-order valence-corrected chi connectivity index (χ0v) is 16.1. The van der Waals surface area contributed by atoms with Crippen molar-refractivity contribution in [1.29, 1.82) is 0 Å². The Balaban J connectivity index is 1.41. The summed E-state index contributed by atoms with van der Waals surface area (Å²) >= 11 is 12.1. The van der Waals surface area contributed by atoms with Crippen LogP contribution in [-0.2, 0) is 6.54 Å². The van der Waals surface area contributed by atoms with E-state index < -0.39 is 5.91 Å². The lowest BCUT2D eigenvalue weighted by atomic mass is 10.2. The van der Waals surface area contributed by atoms with Crippen molar-refractivity contribution in [1.82, 2.24) is 20.2 Å². The summed E-state index contributed by atoms with van der Waals surface area (Å²) in [6.07, 6.45) is 5.15. The second kappa shape index (κ2) is 7.88. The lowest BCUT2D eigenvalue weighted by Crippen LogP contribution is -2.18. The minimum Gasteiger partial charge on any atom is -0.361 e. The number of amides is 1. The number of rotatable bonds is 5. The third-order valence-corrected chi connectivity index (χ3v) is 4.80. The fourth-order valence-electron chi connectivity index (χ4n) is 2.81. The van der Waals surface area contributed by atoms with Gasteiger partial charge < -0.3 is 4.98 Å². The Morgan fingerprint density at radius 1 is 1.21 bits per heavy atom. The van der Waals surface area contributed by atoms with Crippen LogP contribution < -0.4 is 5.43 Å². The quantitative estimate of drug-likeness (QED) is 0.375. The molecule has 0 saturated carbocycles. The number of halogens is 2. The number of hydrazone groups is 1. The van der Waals surface area contributed by atoms with E-state index in [0.29, 0.717) is 16.6 Å². The number of aromatic amines is 1. The van der Waals surface area contributed by atoms with E-state index in [2.05, 4.69) is 20.6 Å². The van der Waals surface area contributed by atoms with Gasteiger partial charge in [0.25, 0.3) is 5.91 Å². The van der Waals surface area contributed by atoms with Gasteiger partial charge in [0.2, 0.25) is 0 Å². The van der Waals surface area contributed by atoms with Crippen LogP contribution in [0.2, 0.25) is 10.0 Å². The van der Waals surface area contributed by atoms with Crippen molar-refractivity contribution in [3.63, 3.8) is 0 Å². The Hall–Kier alpha value is -3.09. The van der Waals surface area contributed by atoms with Crippen molar-refractivity contribution in [2.75, 3.05) is 0 Å². The van der Waals surface area contributed by atoms with Crippen molar-refractivity contribution in [3.05, 3.63) is 87.8 Å². The Labute approximate surface area is 170 Å². The maximum absolute atomic E-state index is 12.3. The minimum atomic E-state index is -0.392. The van der Waals surface area contributed by atoms with E-state index >= 15 is 0 Å². The number of carbonyl (C=O) groups is 1. The number of carbonyl (C=O) groups excluding carboxylic acids is 1. The highest BCUT2D eigenvalue weighted by Gasteiger charge is 2.10. The summed E-state index contributed by atoms with van der Waals surface area (Å²) < 4.78 is 1.63. The van der Waals surface area contributed by atoms with Crippen LogP contribution in [0.5, 0.6) is 0 Å². The van der Waals surface area contributed by atoms with Gasteiger partial charge in [-0.25, -0.2) is 5.43 Å². The van der Waals surface area contributed by atoms with Crippen LogP contribution in [0.3, 0.4) is 0 Å². The lowest BCUT2D eigenvalue weighted by molar-refractivity contribution is 0.0949. The molecule has 2 N–H and O–H groups in total. The number of benzene rings is 2. The van der Waals surface area contributed by atoms with E-state index in [1.165, 1.54) is 0 Å². The summed E-state index contributed by atoms with van der Waals surface area (Å²) in [5.41, 5.74) is 5.52.